The van der Waals surface area contributed by atoms with Crippen molar-refractivity contribution in [1.29, 1.82) is 0 Å². The third-order valence-corrected chi connectivity index (χ3v) is 0.682. The van der Waals surface area contributed by atoms with E-state index in [9.17, 15) is 19.8 Å². The SMILES string of the molecule is CC(O)C(=O)[O-].CC(O)C(=O)[O-].[Li+].[Li+]. The Morgan fingerprint density at radius 1 is 0.929 bits per heavy atom. The van der Waals surface area contributed by atoms with Gasteiger partial charge in [-0.3, -0.25) is 0 Å². The third kappa shape index (κ3) is 22.7. The molecule has 0 fully saturated rings. The number of carboxylic acids is 2. The van der Waals surface area contributed by atoms with Crippen molar-refractivity contribution in [2.45, 2.75) is 26.1 Å². The molecule has 0 heterocycles. The summed E-state index contributed by atoms with van der Waals surface area (Å²) in [5.74, 6) is -2.87. The van der Waals surface area contributed by atoms with Crippen LogP contribution in [0.4, 0.5) is 0 Å². The standard InChI is InChI=1S/2C3H6O3.2Li/c2*1-2(4)3(5)6;;/h2*2,4H,1H3,(H,5,6);;/q;;2*+1/p-2. The number of aliphatic hydroxyl groups excluding tert-OH is 2. The minimum atomic E-state index is -1.44. The summed E-state index contributed by atoms with van der Waals surface area (Å²) in [6, 6.07) is 0. The molecule has 0 aliphatic carbocycles. The molecule has 0 aromatic heterocycles. The molecule has 0 aromatic carbocycles. The number of carboxylic acid groups (broad SMARTS) is 2. The first kappa shape index (κ1) is 23.7. The zero-order valence-electron chi connectivity index (χ0n) is 8.68. The van der Waals surface area contributed by atoms with Crippen LogP contribution in [0, 0.1) is 0 Å². The van der Waals surface area contributed by atoms with Crippen molar-refractivity contribution in [3.05, 3.63) is 0 Å². The first-order valence-corrected chi connectivity index (χ1v) is 3.06. The summed E-state index contributed by atoms with van der Waals surface area (Å²) in [7, 11) is 0. The Hall–Kier alpha value is 0.0548. The van der Waals surface area contributed by atoms with Crippen molar-refractivity contribution in [1.82, 2.24) is 0 Å². The van der Waals surface area contributed by atoms with Crippen LogP contribution in [0.15, 0.2) is 0 Å². The second kappa shape index (κ2) is 13.1. The molecule has 0 aliphatic rings. The van der Waals surface area contributed by atoms with E-state index in [1.165, 1.54) is 0 Å². The van der Waals surface area contributed by atoms with Gasteiger partial charge < -0.3 is 30.0 Å². The molecule has 0 bridgehead atoms. The number of aliphatic carboxylic acids is 2. The average Bonchev–Trinajstić information content (AvgIpc) is 1.88. The van der Waals surface area contributed by atoms with E-state index in [1.54, 1.807) is 0 Å². The van der Waals surface area contributed by atoms with Crippen LogP contribution in [0.25, 0.3) is 0 Å². The van der Waals surface area contributed by atoms with Crippen molar-refractivity contribution in [3.63, 3.8) is 0 Å². The first-order chi connectivity index (χ1) is 5.29. The van der Waals surface area contributed by atoms with Crippen LogP contribution >= 0.6 is 0 Å². The Labute approximate surface area is 106 Å². The van der Waals surface area contributed by atoms with Crippen molar-refractivity contribution in [3.8, 4) is 0 Å². The molecule has 8 heteroatoms. The maximum Gasteiger partial charge on any atom is 1.00 e. The summed E-state index contributed by atoms with van der Waals surface area (Å²) >= 11 is 0. The number of aliphatic hydroxyl groups is 2. The summed E-state index contributed by atoms with van der Waals surface area (Å²) in [5.41, 5.74) is 0. The molecule has 2 atom stereocenters. The van der Waals surface area contributed by atoms with Crippen LogP contribution in [0.3, 0.4) is 0 Å². The molecule has 0 aromatic rings. The number of carbonyl (C=O) groups excluding carboxylic acids is 2. The van der Waals surface area contributed by atoms with Gasteiger partial charge in [0.25, 0.3) is 0 Å². The Morgan fingerprint density at radius 3 is 1.00 bits per heavy atom. The molecule has 14 heavy (non-hydrogen) atoms. The normalized spacial score (nSPS) is 11.7. The Bertz CT molecular complexity index is 140. The van der Waals surface area contributed by atoms with Gasteiger partial charge in [0, 0.05) is 0 Å². The molecule has 0 amide bonds. The van der Waals surface area contributed by atoms with Crippen LogP contribution in [-0.4, -0.2) is 34.4 Å². The number of rotatable bonds is 2. The summed E-state index contributed by atoms with van der Waals surface area (Å²) in [6.07, 6.45) is -2.69. The summed E-state index contributed by atoms with van der Waals surface area (Å²) in [4.78, 5) is 18.7. The molecule has 2 unspecified atom stereocenters. The molecule has 0 rings (SSSR count). The van der Waals surface area contributed by atoms with Crippen LogP contribution in [0.1, 0.15) is 13.8 Å². The molecular weight excluding hydrogens is 182 g/mol. The molecule has 0 aliphatic heterocycles. The fourth-order valence-corrected chi connectivity index (χ4v) is 0. The van der Waals surface area contributed by atoms with Gasteiger partial charge in [-0.15, -0.1) is 0 Å². The maximum atomic E-state index is 9.34. The summed E-state index contributed by atoms with van der Waals surface area (Å²) in [6.45, 7) is 2.27. The van der Waals surface area contributed by atoms with E-state index in [0.717, 1.165) is 13.8 Å². The fourth-order valence-electron chi connectivity index (χ4n) is 0. The van der Waals surface area contributed by atoms with Crippen molar-refractivity contribution < 1.29 is 67.7 Å². The Balaban J connectivity index is -0.0000000625. The Morgan fingerprint density at radius 2 is 1.00 bits per heavy atom. The van der Waals surface area contributed by atoms with E-state index in [-0.39, 0.29) is 37.7 Å². The van der Waals surface area contributed by atoms with Gasteiger partial charge in [-0.1, -0.05) is 0 Å². The summed E-state index contributed by atoms with van der Waals surface area (Å²) in [5, 5.41) is 34.6. The van der Waals surface area contributed by atoms with Crippen molar-refractivity contribution in [2.24, 2.45) is 0 Å². The molecule has 0 radical (unpaired) electrons. The molecule has 6 nitrogen and oxygen atoms in total. The van der Waals surface area contributed by atoms with Gasteiger partial charge in [-0.05, 0) is 13.8 Å². The van der Waals surface area contributed by atoms with Gasteiger partial charge >= 0.3 is 37.7 Å². The second-order valence-corrected chi connectivity index (χ2v) is 1.99. The largest absolute Gasteiger partial charge is 1.00 e. The van der Waals surface area contributed by atoms with E-state index in [1.807, 2.05) is 0 Å². The van der Waals surface area contributed by atoms with Crippen LogP contribution in [0.2, 0.25) is 0 Å². The first-order valence-electron chi connectivity index (χ1n) is 3.06. The molecular formula is C6H10Li2O6. The maximum absolute atomic E-state index is 9.34. The van der Waals surface area contributed by atoms with E-state index in [0.29, 0.717) is 0 Å². The van der Waals surface area contributed by atoms with E-state index in [4.69, 9.17) is 10.2 Å². The van der Waals surface area contributed by atoms with Gasteiger partial charge in [-0.2, -0.15) is 0 Å². The third-order valence-electron chi connectivity index (χ3n) is 0.682. The molecule has 72 valence electrons. The van der Waals surface area contributed by atoms with Crippen LogP contribution in [0.5, 0.6) is 0 Å². The fraction of sp³-hybridized carbons (Fsp3) is 0.667. The monoisotopic (exact) mass is 192 g/mol. The van der Waals surface area contributed by atoms with Gasteiger partial charge in [-0.25, -0.2) is 0 Å². The number of hydrogen-bond donors (Lipinski definition) is 2. The molecule has 2 N–H and O–H groups in total. The van der Waals surface area contributed by atoms with Gasteiger partial charge in [0.2, 0.25) is 0 Å². The van der Waals surface area contributed by atoms with Gasteiger partial charge in [0.15, 0.2) is 0 Å². The van der Waals surface area contributed by atoms with Crippen molar-refractivity contribution >= 4 is 11.9 Å². The summed E-state index contributed by atoms with van der Waals surface area (Å²) < 4.78 is 0. The number of carbonyl (C=O) groups is 2. The molecule has 0 spiro atoms. The van der Waals surface area contributed by atoms with Gasteiger partial charge in [0.05, 0.1) is 24.1 Å². The van der Waals surface area contributed by atoms with E-state index >= 15 is 0 Å². The smallest absolute Gasteiger partial charge is 0.547 e. The van der Waals surface area contributed by atoms with Crippen LogP contribution in [-0.2, 0) is 9.59 Å². The minimum Gasteiger partial charge on any atom is -0.547 e. The van der Waals surface area contributed by atoms with Crippen LogP contribution < -0.4 is 47.9 Å². The predicted octanol–water partition coefficient (Wildman–Crippen LogP) is -9.76. The molecule has 0 saturated heterocycles. The minimum absolute atomic E-state index is 0. The quantitative estimate of drug-likeness (QED) is 0.419. The topological polar surface area (TPSA) is 121 Å². The average molecular weight is 192 g/mol. The zero-order chi connectivity index (χ0) is 10.3. The van der Waals surface area contributed by atoms with E-state index in [2.05, 4.69) is 0 Å². The molecule has 0 saturated carbocycles. The Kier molecular flexibility index (Phi) is 22.1. The number of hydrogen-bond acceptors (Lipinski definition) is 6. The van der Waals surface area contributed by atoms with E-state index < -0.39 is 24.1 Å². The second-order valence-electron chi connectivity index (χ2n) is 1.99. The zero-order valence-corrected chi connectivity index (χ0v) is 8.68. The van der Waals surface area contributed by atoms with Gasteiger partial charge in [0.1, 0.15) is 0 Å². The predicted molar refractivity (Wildman–Crippen MR) is 33.4 cm³/mol. The van der Waals surface area contributed by atoms with Crippen molar-refractivity contribution in [2.75, 3.05) is 0 Å².